The highest BCUT2D eigenvalue weighted by molar-refractivity contribution is 6.04. The van der Waals surface area contributed by atoms with Gasteiger partial charge in [-0.1, -0.05) is 6.07 Å². The predicted octanol–water partition coefficient (Wildman–Crippen LogP) is 3.07. The lowest BCUT2D eigenvalue weighted by Crippen LogP contribution is -2.34. The van der Waals surface area contributed by atoms with Crippen LogP contribution in [-0.4, -0.2) is 36.5 Å². The number of nitrogens with zero attached hydrogens (tertiary/aromatic N) is 1. The predicted molar refractivity (Wildman–Crippen MR) is 108 cm³/mol. The van der Waals surface area contributed by atoms with Gasteiger partial charge in [-0.25, -0.2) is 0 Å². The van der Waals surface area contributed by atoms with Crippen LogP contribution in [0.3, 0.4) is 0 Å². The second-order valence-electron chi connectivity index (χ2n) is 6.59. The number of hydrogen-bond donors (Lipinski definition) is 2. The van der Waals surface area contributed by atoms with E-state index in [1.807, 2.05) is 13.8 Å². The summed E-state index contributed by atoms with van der Waals surface area (Å²) in [6.45, 7) is 5.12. The van der Waals surface area contributed by atoms with Crippen molar-refractivity contribution in [2.75, 3.05) is 19.0 Å². The van der Waals surface area contributed by atoms with Crippen LogP contribution < -0.4 is 20.1 Å². The monoisotopic (exact) mass is 401 g/mol. The van der Waals surface area contributed by atoms with Gasteiger partial charge >= 0.3 is 0 Å². The zero-order valence-corrected chi connectivity index (χ0v) is 16.6. The molecular formula is C20H23N3O6. The van der Waals surface area contributed by atoms with E-state index in [1.165, 1.54) is 31.4 Å². The molecule has 0 unspecified atom stereocenters. The van der Waals surface area contributed by atoms with Crippen LogP contribution in [0.1, 0.15) is 29.8 Å². The lowest BCUT2D eigenvalue weighted by Gasteiger charge is -2.13. The van der Waals surface area contributed by atoms with Crippen LogP contribution in [0.2, 0.25) is 0 Å². The van der Waals surface area contributed by atoms with Gasteiger partial charge in [-0.05, 0) is 45.0 Å². The lowest BCUT2D eigenvalue weighted by molar-refractivity contribution is -0.385. The molecule has 0 aliphatic carbocycles. The standard InChI is InChI=1S/C20H23N3O6/c1-12(2)21-19(24)11-29-17-8-6-14(9-18(17)28-4)20(25)22-15-7-5-13(3)16(10-15)23(26)27/h5-10,12H,11H2,1-4H3,(H,21,24)(H,22,25). The number of anilines is 1. The molecule has 0 aliphatic heterocycles. The quantitative estimate of drug-likeness (QED) is 0.518. The van der Waals surface area contributed by atoms with E-state index in [1.54, 1.807) is 19.1 Å². The number of benzene rings is 2. The molecule has 9 nitrogen and oxygen atoms in total. The fraction of sp³-hybridized carbons (Fsp3) is 0.300. The first-order chi connectivity index (χ1) is 13.7. The molecule has 0 spiro atoms. The van der Waals surface area contributed by atoms with Crippen LogP contribution in [0.4, 0.5) is 11.4 Å². The van der Waals surface area contributed by atoms with E-state index < -0.39 is 10.8 Å². The summed E-state index contributed by atoms with van der Waals surface area (Å²) in [5.41, 5.74) is 0.988. The molecule has 29 heavy (non-hydrogen) atoms. The van der Waals surface area contributed by atoms with Gasteiger partial charge in [-0.15, -0.1) is 0 Å². The average Bonchev–Trinajstić information content (AvgIpc) is 2.66. The molecule has 2 N–H and O–H groups in total. The maximum atomic E-state index is 12.5. The summed E-state index contributed by atoms with van der Waals surface area (Å²) >= 11 is 0. The van der Waals surface area contributed by atoms with Gasteiger partial charge in [0.1, 0.15) is 0 Å². The van der Waals surface area contributed by atoms with Crippen molar-refractivity contribution in [1.82, 2.24) is 5.32 Å². The molecule has 9 heteroatoms. The molecule has 2 aromatic carbocycles. The zero-order valence-electron chi connectivity index (χ0n) is 16.6. The van der Waals surface area contributed by atoms with Crippen LogP contribution >= 0.6 is 0 Å². The summed E-state index contributed by atoms with van der Waals surface area (Å²) in [4.78, 5) is 34.8. The topological polar surface area (TPSA) is 120 Å². The summed E-state index contributed by atoms with van der Waals surface area (Å²) in [7, 11) is 1.42. The summed E-state index contributed by atoms with van der Waals surface area (Å²) in [6, 6.07) is 8.94. The Kier molecular flexibility index (Phi) is 7.13. The van der Waals surface area contributed by atoms with Crippen molar-refractivity contribution < 1.29 is 24.0 Å². The summed E-state index contributed by atoms with van der Waals surface area (Å²) in [6.07, 6.45) is 0. The minimum Gasteiger partial charge on any atom is -0.493 e. The van der Waals surface area contributed by atoms with Crippen molar-refractivity contribution in [2.24, 2.45) is 0 Å². The molecular weight excluding hydrogens is 378 g/mol. The highest BCUT2D eigenvalue weighted by Gasteiger charge is 2.15. The van der Waals surface area contributed by atoms with Gasteiger partial charge in [-0.3, -0.25) is 19.7 Å². The van der Waals surface area contributed by atoms with Crippen molar-refractivity contribution in [3.63, 3.8) is 0 Å². The molecule has 0 aliphatic rings. The normalized spacial score (nSPS) is 10.4. The van der Waals surface area contributed by atoms with Crippen molar-refractivity contribution in [3.05, 3.63) is 57.6 Å². The Bertz CT molecular complexity index is 926. The Balaban J connectivity index is 2.12. The number of nitrogens with one attached hydrogen (secondary N) is 2. The van der Waals surface area contributed by atoms with Crippen LogP contribution in [0.15, 0.2) is 36.4 Å². The number of amides is 2. The number of methoxy groups -OCH3 is 1. The maximum absolute atomic E-state index is 12.5. The van der Waals surface area contributed by atoms with Crippen LogP contribution in [0, 0.1) is 17.0 Å². The third kappa shape index (κ3) is 5.93. The second-order valence-corrected chi connectivity index (χ2v) is 6.59. The summed E-state index contributed by atoms with van der Waals surface area (Å²) in [5, 5.41) is 16.4. The largest absolute Gasteiger partial charge is 0.493 e. The maximum Gasteiger partial charge on any atom is 0.274 e. The molecule has 0 saturated heterocycles. The van der Waals surface area contributed by atoms with Gasteiger partial charge in [0.2, 0.25) is 0 Å². The van der Waals surface area contributed by atoms with Gasteiger partial charge in [-0.2, -0.15) is 0 Å². The number of ether oxygens (including phenoxy) is 2. The van der Waals surface area contributed by atoms with E-state index in [-0.39, 0.29) is 35.6 Å². The Morgan fingerprint density at radius 2 is 1.86 bits per heavy atom. The van der Waals surface area contributed by atoms with E-state index in [2.05, 4.69) is 10.6 Å². The summed E-state index contributed by atoms with van der Waals surface area (Å²) < 4.78 is 10.7. The highest BCUT2D eigenvalue weighted by Crippen LogP contribution is 2.29. The van der Waals surface area contributed by atoms with Crippen molar-refractivity contribution >= 4 is 23.2 Å². The lowest BCUT2D eigenvalue weighted by atomic mass is 10.1. The molecule has 0 saturated carbocycles. The first-order valence-electron chi connectivity index (χ1n) is 8.88. The average molecular weight is 401 g/mol. The van der Waals surface area contributed by atoms with Crippen LogP contribution in [0.25, 0.3) is 0 Å². The molecule has 0 atom stereocenters. The smallest absolute Gasteiger partial charge is 0.274 e. The van der Waals surface area contributed by atoms with Gasteiger partial charge in [0.25, 0.3) is 17.5 Å². The van der Waals surface area contributed by atoms with E-state index in [0.29, 0.717) is 17.0 Å². The Morgan fingerprint density at radius 1 is 1.14 bits per heavy atom. The van der Waals surface area contributed by atoms with Gasteiger partial charge in [0, 0.05) is 28.9 Å². The Hall–Kier alpha value is -3.62. The van der Waals surface area contributed by atoms with E-state index in [9.17, 15) is 19.7 Å². The van der Waals surface area contributed by atoms with Crippen LogP contribution in [-0.2, 0) is 4.79 Å². The molecule has 2 aromatic rings. The number of hydrogen-bond acceptors (Lipinski definition) is 6. The van der Waals surface area contributed by atoms with E-state index >= 15 is 0 Å². The van der Waals surface area contributed by atoms with Gasteiger partial charge in [0.15, 0.2) is 18.1 Å². The SMILES string of the molecule is COc1cc(C(=O)Nc2ccc(C)c([N+](=O)[O-])c2)ccc1OCC(=O)NC(C)C. The number of carbonyl (C=O) groups excluding carboxylic acids is 2. The Morgan fingerprint density at radius 3 is 2.48 bits per heavy atom. The fourth-order valence-corrected chi connectivity index (χ4v) is 2.52. The van der Waals surface area contributed by atoms with E-state index in [0.717, 1.165) is 0 Å². The van der Waals surface area contributed by atoms with Crippen LogP contribution in [0.5, 0.6) is 11.5 Å². The number of carbonyl (C=O) groups is 2. The third-order valence-corrected chi connectivity index (χ3v) is 3.90. The molecule has 2 amide bonds. The molecule has 0 radical (unpaired) electrons. The third-order valence-electron chi connectivity index (χ3n) is 3.90. The first-order valence-corrected chi connectivity index (χ1v) is 8.88. The van der Waals surface area contributed by atoms with Gasteiger partial charge in [0.05, 0.1) is 12.0 Å². The number of nitro benzene ring substituents is 1. The fourth-order valence-electron chi connectivity index (χ4n) is 2.52. The molecule has 154 valence electrons. The molecule has 0 heterocycles. The second kappa shape index (κ2) is 9.54. The van der Waals surface area contributed by atoms with E-state index in [4.69, 9.17) is 9.47 Å². The van der Waals surface area contributed by atoms with Crippen molar-refractivity contribution in [2.45, 2.75) is 26.8 Å². The van der Waals surface area contributed by atoms with Crippen molar-refractivity contribution in [3.8, 4) is 11.5 Å². The number of aryl methyl sites for hydroxylation is 1. The molecule has 0 aromatic heterocycles. The highest BCUT2D eigenvalue weighted by atomic mass is 16.6. The number of nitro groups is 1. The first kappa shape index (κ1) is 21.7. The minimum atomic E-state index is -0.504. The van der Waals surface area contributed by atoms with Gasteiger partial charge < -0.3 is 20.1 Å². The number of rotatable bonds is 8. The zero-order chi connectivity index (χ0) is 21.6. The molecule has 0 bridgehead atoms. The molecule has 2 rings (SSSR count). The minimum absolute atomic E-state index is 0.00309. The summed E-state index contributed by atoms with van der Waals surface area (Å²) in [5.74, 6) is -0.144. The van der Waals surface area contributed by atoms with Crippen molar-refractivity contribution in [1.29, 1.82) is 0 Å². The Labute approximate surface area is 168 Å². The molecule has 0 fully saturated rings.